The Balaban J connectivity index is 0.000000980. The Kier molecular flexibility index (Phi) is 4.51. The smallest absolute Gasteiger partial charge is 0.128 e. The average Bonchev–Trinajstić information content (AvgIpc) is 2.52. The van der Waals surface area contributed by atoms with Crippen LogP contribution in [-0.2, 0) is 20.1 Å². The van der Waals surface area contributed by atoms with Gasteiger partial charge in [-0.1, -0.05) is 20.4 Å². The first-order valence-corrected chi connectivity index (χ1v) is 5.23. The van der Waals surface area contributed by atoms with Gasteiger partial charge < -0.3 is 0 Å². The van der Waals surface area contributed by atoms with Gasteiger partial charge in [0.25, 0.3) is 0 Å². The molecule has 0 aliphatic carbocycles. The van der Waals surface area contributed by atoms with Gasteiger partial charge in [-0.05, 0) is 27.7 Å². The second-order valence-electron chi connectivity index (χ2n) is 2.48. The molecule has 75 valence electrons. The van der Waals surface area contributed by atoms with Gasteiger partial charge in [-0.3, -0.25) is 4.68 Å². The summed E-state index contributed by atoms with van der Waals surface area (Å²) in [7, 11) is 0. The summed E-state index contributed by atoms with van der Waals surface area (Å²) in [6, 6.07) is 10.7. The molecule has 0 saturated carbocycles. The molecule has 0 amide bonds. The fourth-order valence-electron chi connectivity index (χ4n) is 0.995. The first kappa shape index (κ1) is 12.1. The third-order valence-corrected chi connectivity index (χ3v) is 2.47. The van der Waals surface area contributed by atoms with Crippen LogP contribution in [0.15, 0.2) is 39.5 Å². The van der Waals surface area contributed by atoms with E-state index in [1.165, 1.54) is 0 Å². The quantitative estimate of drug-likeness (QED) is 0.559. The molecular formula is C9H5Br2IrN2-. The van der Waals surface area contributed by atoms with Crippen molar-refractivity contribution in [2.45, 2.75) is 0 Å². The minimum atomic E-state index is 0. The third kappa shape index (κ3) is 2.76. The Hall–Kier alpha value is 0.0394. The van der Waals surface area contributed by atoms with Crippen molar-refractivity contribution < 1.29 is 20.1 Å². The first-order chi connectivity index (χ1) is 6.25. The summed E-state index contributed by atoms with van der Waals surface area (Å²) in [5.74, 6) is 0. The van der Waals surface area contributed by atoms with Gasteiger partial charge in [0.05, 0.1) is 0 Å². The van der Waals surface area contributed by atoms with Crippen LogP contribution in [0.25, 0.3) is 5.69 Å². The van der Waals surface area contributed by atoms with Crippen LogP contribution >= 0.6 is 31.9 Å². The number of nitrogens with zero attached hydrogens (tertiary/aromatic N) is 2. The molecule has 1 aromatic heterocycles. The fraction of sp³-hybridized carbons (Fsp3) is 0. The number of hydrogen-bond donors (Lipinski definition) is 0. The Morgan fingerprint density at radius 3 is 2.64 bits per heavy atom. The zero-order valence-corrected chi connectivity index (χ0v) is 12.4. The Morgan fingerprint density at radius 2 is 2.07 bits per heavy atom. The summed E-state index contributed by atoms with van der Waals surface area (Å²) in [6.07, 6.45) is 1.88. The van der Waals surface area contributed by atoms with E-state index in [1.54, 1.807) is 4.68 Å². The minimum absolute atomic E-state index is 0. The van der Waals surface area contributed by atoms with Crippen LogP contribution in [0.1, 0.15) is 0 Å². The van der Waals surface area contributed by atoms with E-state index >= 15 is 0 Å². The van der Waals surface area contributed by atoms with Gasteiger partial charge in [0.2, 0.25) is 0 Å². The predicted molar refractivity (Wildman–Crippen MR) is 57.8 cm³/mol. The molecule has 2 rings (SSSR count). The van der Waals surface area contributed by atoms with E-state index in [-0.39, 0.29) is 20.1 Å². The monoisotopic (exact) mass is 492 g/mol. The summed E-state index contributed by atoms with van der Waals surface area (Å²) >= 11 is 6.68. The number of benzene rings is 1. The predicted octanol–water partition coefficient (Wildman–Crippen LogP) is 3.19. The zero-order valence-electron chi connectivity index (χ0n) is 6.87. The maximum Gasteiger partial charge on any atom is 0.128 e. The maximum absolute atomic E-state index is 4.20. The molecular weight excluding hydrogens is 488 g/mol. The van der Waals surface area contributed by atoms with Crippen molar-refractivity contribution in [1.29, 1.82) is 0 Å². The normalized spacial score (nSPS) is 9.57. The molecule has 2 nitrogen and oxygen atoms in total. The molecule has 0 unspecified atom stereocenters. The molecule has 5 heteroatoms. The van der Waals surface area contributed by atoms with E-state index in [0.29, 0.717) is 0 Å². The zero-order chi connectivity index (χ0) is 9.26. The van der Waals surface area contributed by atoms with Gasteiger partial charge >= 0.3 is 0 Å². The van der Waals surface area contributed by atoms with Crippen molar-refractivity contribution in [1.82, 2.24) is 9.78 Å². The molecule has 1 radical (unpaired) electrons. The molecule has 1 heterocycles. The maximum atomic E-state index is 4.20. The Bertz CT molecular complexity index is 428. The fourth-order valence-corrected chi connectivity index (χ4v) is 1.63. The molecule has 2 aromatic rings. The number of rotatable bonds is 1. The van der Waals surface area contributed by atoms with E-state index in [0.717, 1.165) is 14.8 Å². The standard InChI is InChI=1S/C9H5Br2N2.Ir/c10-7-2-1-3-8(6-7)13-5-4-9(11)12-13;/h1-2,4-6H;/q-1;. The molecule has 0 spiro atoms. The van der Waals surface area contributed by atoms with Crippen LogP contribution in [0, 0.1) is 6.07 Å². The van der Waals surface area contributed by atoms with Gasteiger partial charge in [0.1, 0.15) is 4.60 Å². The number of aromatic nitrogens is 2. The molecule has 0 N–H and O–H groups in total. The van der Waals surface area contributed by atoms with Crippen LogP contribution in [0.2, 0.25) is 0 Å². The summed E-state index contributed by atoms with van der Waals surface area (Å²) in [4.78, 5) is 0. The molecule has 14 heavy (non-hydrogen) atoms. The van der Waals surface area contributed by atoms with E-state index < -0.39 is 0 Å². The van der Waals surface area contributed by atoms with Crippen LogP contribution in [-0.4, -0.2) is 9.78 Å². The average molecular weight is 493 g/mol. The topological polar surface area (TPSA) is 17.8 Å². The summed E-state index contributed by atoms with van der Waals surface area (Å²) in [6.45, 7) is 0. The van der Waals surface area contributed by atoms with Crippen LogP contribution in [0.5, 0.6) is 0 Å². The van der Waals surface area contributed by atoms with Crippen molar-refractivity contribution in [2.24, 2.45) is 0 Å². The summed E-state index contributed by atoms with van der Waals surface area (Å²) < 4.78 is 3.60. The van der Waals surface area contributed by atoms with E-state index in [4.69, 9.17) is 0 Å². The molecule has 0 aliphatic heterocycles. The summed E-state index contributed by atoms with van der Waals surface area (Å²) in [5, 5.41) is 4.20. The molecule has 0 atom stereocenters. The molecule has 0 bridgehead atoms. The van der Waals surface area contributed by atoms with Crippen LogP contribution < -0.4 is 0 Å². The number of hydrogen-bond acceptors (Lipinski definition) is 1. The van der Waals surface area contributed by atoms with Crippen LogP contribution in [0.4, 0.5) is 0 Å². The molecule has 0 fully saturated rings. The van der Waals surface area contributed by atoms with Gasteiger partial charge in [0.15, 0.2) is 0 Å². The third-order valence-electron chi connectivity index (χ3n) is 1.55. The second-order valence-corrected chi connectivity index (χ2v) is 4.20. The van der Waals surface area contributed by atoms with Gasteiger partial charge in [-0.2, -0.15) is 23.3 Å². The van der Waals surface area contributed by atoms with Crippen molar-refractivity contribution in [3.8, 4) is 5.69 Å². The Morgan fingerprint density at radius 1 is 1.29 bits per heavy atom. The van der Waals surface area contributed by atoms with Crippen molar-refractivity contribution in [3.05, 3.63) is 45.6 Å². The van der Waals surface area contributed by atoms with Gasteiger partial charge in [-0.25, -0.2) is 0 Å². The van der Waals surface area contributed by atoms with E-state index in [1.807, 2.05) is 30.5 Å². The van der Waals surface area contributed by atoms with Crippen LogP contribution in [0.3, 0.4) is 0 Å². The van der Waals surface area contributed by atoms with E-state index in [2.05, 4.69) is 43.0 Å². The van der Waals surface area contributed by atoms with Crippen molar-refractivity contribution in [2.75, 3.05) is 0 Å². The SMILES string of the molecule is Brc1cc[c-]c(-n2ccc(Br)n2)c1.[Ir]. The van der Waals surface area contributed by atoms with Crippen molar-refractivity contribution >= 4 is 31.9 Å². The van der Waals surface area contributed by atoms with E-state index in [9.17, 15) is 0 Å². The largest absolute Gasteiger partial charge is 0.265 e. The first-order valence-electron chi connectivity index (χ1n) is 3.64. The Labute approximate surface area is 112 Å². The molecule has 1 aromatic carbocycles. The minimum Gasteiger partial charge on any atom is -0.265 e. The summed E-state index contributed by atoms with van der Waals surface area (Å²) in [5.41, 5.74) is 0.917. The molecule has 0 aliphatic rings. The molecule has 0 saturated heterocycles. The van der Waals surface area contributed by atoms with Gasteiger partial charge in [0, 0.05) is 26.3 Å². The second kappa shape index (κ2) is 5.21. The number of halogens is 2. The van der Waals surface area contributed by atoms with Crippen molar-refractivity contribution in [3.63, 3.8) is 0 Å². The van der Waals surface area contributed by atoms with Gasteiger partial charge in [-0.15, -0.1) is 6.07 Å².